The second kappa shape index (κ2) is 7.71. The highest BCUT2D eigenvalue weighted by molar-refractivity contribution is 6.31. The number of benzene rings is 1. The Labute approximate surface area is 155 Å². The molecule has 0 bridgehead atoms. The van der Waals surface area contributed by atoms with Crippen molar-refractivity contribution in [3.63, 3.8) is 0 Å². The van der Waals surface area contributed by atoms with Crippen LogP contribution in [0.3, 0.4) is 0 Å². The monoisotopic (exact) mass is 378 g/mol. The lowest BCUT2D eigenvalue weighted by Crippen LogP contribution is -2.44. The number of non-ortho nitro benzene ring substituents is 1. The lowest BCUT2D eigenvalue weighted by molar-refractivity contribution is -0.384. The number of aromatic nitrogens is 2. The summed E-state index contributed by atoms with van der Waals surface area (Å²) in [4.78, 5) is 23.2. The minimum atomic E-state index is -0.427. The molecule has 1 N–H and O–H groups in total. The molecule has 0 spiro atoms. The summed E-state index contributed by atoms with van der Waals surface area (Å²) in [6.07, 6.45) is 1.31. The Morgan fingerprint density at radius 3 is 2.65 bits per heavy atom. The zero-order chi connectivity index (χ0) is 18.7. The number of hydrogen-bond donors (Lipinski definition) is 1. The highest BCUT2D eigenvalue weighted by Gasteiger charge is 2.21. The lowest BCUT2D eigenvalue weighted by Gasteiger charge is -2.35. The maximum atomic E-state index is 11.2. The van der Waals surface area contributed by atoms with Crippen LogP contribution in [0.25, 0.3) is 0 Å². The minimum Gasteiger partial charge on any atom is -0.490 e. The molecule has 1 aliphatic heterocycles. The second-order valence-corrected chi connectivity index (χ2v) is 6.28. The number of hydrogen-bond acceptors (Lipinski definition) is 8. The van der Waals surface area contributed by atoms with Crippen molar-refractivity contribution in [1.82, 2.24) is 14.9 Å². The molecule has 0 radical (unpaired) electrons. The highest BCUT2D eigenvalue weighted by atomic mass is 35.5. The Bertz CT molecular complexity index is 811. The Kier molecular flexibility index (Phi) is 5.38. The predicted octanol–water partition coefficient (Wildman–Crippen LogP) is 2.54. The van der Waals surface area contributed by atoms with Crippen molar-refractivity contribution in [3.8, 4) is 5.75 Å². The van der Waals surface area contributed by atoms with Crippen molar-refractivity contribution >= 4 is 34.5 Å². The molecule has 10 heteroatoms. The van der Waals surface area contributed by atoms with Crippen LogP contribution in [-0.2, 0) is 0 Å². The van der Waals surface area contributed by atoms with E-state index in [-0.39, 0.29) is 16.6 Å². The third-order valence-corrected chi connectivity index (χ3v) is 4.52. The van der Waals surface area contributed by atoms with Gasteiger partial charge in [0.1, 0.15) is 6.33 Å². The van der Waals surface area contributed by atoms with Crippen molar-refractivity contribution in [1.29, 1.82) is 0 Å². The normalized spacial score (nSPS) is 15.0. The first-order chi connectivity index (χ1) is 12.5. The van der Waals surface area contributed by atoms with Gasteiger partial charge in [-0.05, 0) is 13.1 Å². The van der Waals surface area contributed by atoms with Gasteiger partial charge in [0.2, 0.25) is 0 Å². The molecule has 1 saturated heterocycles. The number of halogens is 1. The molecule has 0 aliphatic carbocycles. The van der Waals surface area contributed by atoms with Gasteiger partial charge in [-0.3, -0.25) is 10.1 Å². The molecule has 3 rings (SSSR count). The van der Waals surface area contributed by atoms with Crippen molar-refractivity contribution < 1.29 is 9.66 Å². The summed E-state index contributed by atoms with van der Waals surface area (Å²) < 4.78 is 5.25. The van der Waals surface area contributed by atoms with Gasteiger partial charge in [-0.1, -0.05) is 11.6 Å². The fourth-order valence-corrected chi connectivity index (χ4v) is 3.02. The Morgan fingerprint density at radius 2 is 2.00 bits per heavy atom. The van der Waals surface area contributed by atoms with Gasteiger partial charge in [-0.25, -0.2) is 9.97 Å². The van der Waals surface area contributed by atoms with Gasteiger partial charge in [0, 0.05) is 38.3 Å². The maximum Gasteiger partial charge on any atom is 0.271 e. The first-order valence-electron chi connectivity index (χ1n) is 8.03. The summed E-state index contributed by atoms with van der Waals surface area (Å²) in [6, 6.07) is 4.74. The molecule has 0 saturated carbocycles. The molecule has 0 unspecified atom stereocenters. The van der Waals surface area contributed by atoms with Crippen LogP contribution in [0.5, 0.6) is 5.75 Å². The number of nitro benzene ring substituents is 1. The summed E-state index contributed by atoms with van der Waals surface area (Å²) in [5.41, 5.74) is 1.42. The van der Waals surface area contributed by atoms with Crippen LogP contribution >= 0.6 is 11.6 Å². The van der Waals surface area contributed by atoms with E-state index < -0.39 is 4.92 Å². The zero-order valence-corrected chi connectivity index (χ0v) is 15.2. The van der Waals surface area contributed by atoms with E-state index in [1.165, 1.54) is 25.6 Å². The molecule has 2 aromatic rings. The van der Waals surface area contributed by atoms with Gasteiger partial charge in [0.15, 0.2) is 16.7 Å². The summed E-state index contributed by atoms with van der Waals surface area (Å²) >= 11 is 6.04. The van der Waals surface area contributed by atoms with E-state index in [9.17, 15) is 10.1 Å². The zero-order valence-electron chi connectivity index (χ0n) is 14.5. The van der Waals surface area contributed by atoms with Crippen LogP contribution in [-0.4, -0.2) is 60.1 Å². The summed E-state index contributed by atoms with van der Waals surface area (Å²) in [7, 11) is 3.53. The largest absolute Gasteiger partial charge is 0.490 e. The predicted molar refractivity (Wildman–Crippen MR) is 99.7 cm³/mol. The third-order valence-electron chi connectivity index (χ3n) is 4.25. The molecule has 0 amide bonds. The van der Waals surface area contributed by atoms with E-state index in [4.69, 9.17) is 16.3 Å². The standard InChI is InChI=1S/C16H19ClN6O3/c1-21-5-7-22(8-6-21)13-4-3-11(23(24)25)9-12(13)20-16-14(26-2)15(17)18-10-19-16/h3-4,9-10H,5-8H2,1-2H3,(H,18,19,20). The summed E-state index contributed by atoms with van der Waals surface area (Å²) in [6.45, 7) is 3.48. The quantitative estimate of drug-likeness (QED) is 0.481. The van der Waals surface area contributed by atoms with Gasteiger partial charge in [0.25, 0.3) is 5.69 Å². The van der Waals surface area contributed by atoms with Gasteiger partial charge in [-0.15, -0.1) is 0 Å². The van der Waals surface area contributed by atoms with Crippen molar-refractivity contribution in [2.24, 2.45) is 0 Å². The van der Waals surface area contributed by atoms with Gasteiger partial charge >= 0.3 is 0 Å². The maximum absolute atomic E-state index is 11.2. The van der Waals surface area contributed by atoms with Gasteiger partial charge < -0.3 is 19.9 Å². The summed E-state index contributed by atoms with van der Waals surface area (Å²) in [5.74, 6) is 0.633. The van der Waals surface area contributed by atoms with Crippen LogP contribution in [0.1, 0.15) is 0 Å². The molecular weight excluding hydrogens is 360 g/mol. The van der Waals surface area contributed by atoms with Crippen LogP contribution in [0, 0.1) is 10.1 Å². The van der Waals surface area contributed by atoms with Crippen LogP contribution < -0.4 is 15.0 Å². The number of methoxy groups -OCH3 is 1. The molecule has 1 fully saturated rings. The number of nitro groups is 1. The first-order valence-corrected chi connectivity index (χ1v) is 8.41. The Morgan fingerprint density at radius 1 is 1.27 bits per heavy atom. The second-order valence-electron chi connectivity index (χ2n) is 5.92. The van der Waals surface area contributed by atoms with Crippen molar-refractivity contribution in [3.05, 3.63) is 39.8 Å². The Balaban J connectivity index is 1.99. The molecule has 9 nitrogen and oxygen atoms in total. The molecule has 1 aliphatic rings. The fraction of sp³-hybridized carbons (Fsp3) is 0.375. The number of piperazine rings is 1. The topological polar surface area (TPSA) is 96.7 Å². The highest BCUT2D eigenvalue weighted by Crippen LogP contribution is 2.36. The molecule has 0 atom stereocenters. The number of nitrogens with zero attached hydrogens (tertiary/aromatic N) is 5. The number of likely N-dealkylation sites (N-methyl/N-ethyl adjacent to an activating group) is 1. The molecule has 2 heterocycles. The summed E-state index contributed by atoms with van der Waals surface area (Å²) in [5, 5.41) is 14.5. The van der Waals surface area contributed by atoms with E-state index in [2.05, 4.69) is 32.1 Å². The molecule has 138 valence electrons. The smallest absolute Gasteiger partial charge is 0.271 e. The average molecular weight is 379 g/mol. The van der Waals surface area contributed by atoms with Crippen LogP contribution in [0.15, 0.2) is 24.5 Å². The van der Waals surface area contributed by atoms with Crippen LogP contribution in [0.2, 0.25) is 5.15 Å². The minimum absolute atomic E-state index is 0.00972. The average Bonchev–Trinajstić information content (AvgIpc) is 2.63. The van der Waals surface area contributed by atoms with E-state index in [1.54, 1.807) is 6.07 Å². The van der Waals surface area contributed by atoms with Gasteiger partial charge in [0.05, 0.1) is 23.4 Å². The fourth-order valence-electron chi connectivity index (χ4n) is 2.81. The Hall–Kier alpha value is -2.65. The lowest BCUT2D eigenvalue weighted by atomic mass is 10.2. The molecule has 1 aromatic carbocycles. The number of anilines is 3. The number of ether oxygens (including phenoxy) is 1. The van der Waals surface area contributed by atoms with Crippen molar-refractivity contribution in [2.75, 3.05) is 50.6 Å². The van der Waals surface area contributed by atoms with E-state index in [1.807, 2.05) is 0 Å². The number of nitrogens with one attached hydrogen (secondary N) is 1. The van der Waals surface area contributed by atoms with E-state index >= 15 is 0 Å². The van der Waals surface area contributed by atoms with E-state index in [0.717, 1.165) is 31.9 Å². The SMILES string of the molecule is COc1c(Cl)ncnc1Nc1cc([N+](=O)[O-])ccc1N1CCN(C)CC1. The van der Waals surface area contributed by atoms with Crippen molar-refractivity contribution in [2.45, 2.75) is 0 Å². The molecule has 26 heavy (non-hydrogen) atoms. The molecular formula is C16H19ClN6O3. The van der Waals surface area contributed by atoms with E-state index in [0.29, 0.717) is 11.5 Å². The van der Waals surface area contributed by atoms with Crippen LogP contribution in [0.4, 0.5) is 22.9 Å². The number of rotatable bonds is 5. The first kappa shape index (κ1) is 18.2. The molecule has 1 aromatic heterocycles. The third kappa shape index (κ3) is 3.78. The van der Waals surface area contributed by atoms with Gasteiger partial charge in [-0.2, -0.15) is 0 Å².